The number of hydrogen-bond acceptors (Lipinski definition) is 6. The number of carbonyl (C=O) groups is 2. The van der Waals surface area contributed by atoms with Crippen LogP contribution in [0.1, 0.15) is 22.2 Å². The van der Waals surface area contributed by atoms with Crippen LogP contribution in [0.25, 0.3) is 16.8 Å². The first-order valence-electron chi connectivity index (χ1n) is 9.69. The van der Waals surface area contributed by atoms with Crippen LogP contribution in [0.3, 0.4) is 0 Å². The van der Waals surface area contributed by atoms with Crippen molar-refractivity contribution in [1.82, 2.24) is 14.2 Å². The van der Waals surface area contributed by atoms with E-state index in [1.807, 2.05) is 37.3 Å². The summed E-state index contributed by atoms with van der Waals surface area (Å²) < 4.78 is 7.70. The molecule has 1 amide bonds. The molecule has 0 aliphatic heterocycles. The molecule has 0 atom stereocenters. The number of esters is 1. The van der Waals surface area contributed by atoms with Crippen LogP contribution in [-0.2, 0) is 16.1 Å². The SMILES string of the molecule is CCOC(=O)c1c(NC(=O)Cn2nc3ccccn3c2=O)sc(C)c1-c1ccccc1. The van der Waals surface area contributed by atoms with Gasteiger partial charge in [-0.2, -0.15) is 0 Å². The van der Waals surface area contributed by atoms with Crippen LogP contribution in [-0.4, -0.2) is 32.7 Å². The van der Waals surface area contributed by atoms with Gasteiger partial charge in [0.25, 0.3) is 0 Å². The monoisotopic (exact) mass is 436 g/mol. The van der Waals surface area contributed by atoms with E-state index in [1.165, 1.54) is 15.7 Å². The van der Waals surface area contributed by atoms with E-state index >= 15 is 0 Å². The molecule has 0 spiro atoms. The molecule has 0 fully saturated rings. The van der Waals surface area contributed by atoms with Crippen molar-refractivity contribution in [3.8, 4) is 11.1 Å². The minimum atomic E-state index is -0.508. The zero-order valence-electron chi connectivity index (χ0n) is 17.0. The number of rotatable bonds is 6. The second-order valence-corrected chi connectivity index (χ2v) is 7.97. The Bertz CT molecular complexity index is 1320. The van der Waals surface area contributed by atoms with Crippen LogP contribution in [0, 0.1) is 6.92 Å². The number of benzene rings is 1. The maximum Gasteiger partial charge on any atom is 0.350 e. The van der Waals surface area contributed by atoms with Crippen molar-refractivity contribution in [2.75, 3.05) is 11.9 Å². The van der Waals surface area contributed by atoms with Gasteiger partial charge in [-0.3, -0.25) is 9.20 Å². The van der Waals surface area contributed by atoms with Crippen molar-refractivity contribution in [3.63, 3.8) is 0 Å². The number of thiophene rings is 1. The molecular formula is C22H20N4O4S. The molecule has 1 N–H and O–H groups in total. The molecule has 9 heteroatoms. The number of fused-ring (bicyclic) bond motifs is 1. The fourth-order valence-electron chi connectivity index (χ4n) is 3.36. The first-order valence-corrected chi connectivity index (χ1v) is 10.5. The molecule has 4 aromatic rings. The lowest BCUT2D eigenvalue weighted by Crippen LogP contribution is -2.28. The van der Waals surface area contributed by atoms with E-state index in [9.17, 15) is 14.4 Å². The summed E-state index contributed by atoms with van der Waals surface area (Å²) >= 11 is 1.29. The second-order valence-electron chi connectivity index (χ2n) is 6.74. The van der Waals surface area contributed by atoms with Gasteiger partial charge in [0, 0.05) is 16.6 Å². The third-order valence-corrected chi connectivity index (χ3v) is 5.68. The van der Waals surface area contributed by atoms with E-state index in [1.54, 1.807) is 31.3 Å². The molecule has 0 saturated heterocycles. The lowest BCUT2D eigenvalue weighted by molar-refractivity contribution is -0.116. The van der Waals surface area contributed by atoms with Gasteiger partial charge >= 0.3 is 11.7 Å². The summed E-state index contributed by atoms with van der Waals surface area (Å²) in [5.41, 5.74) is 1.93. The number of carbonyl (C=O) groups excluding carboxylic acids is 2. The highest BCUT2D eigenvalue weighted by molar-refractivity contribution is 7.17. The number of ether oxygens (including phenoxy) is 1. The predicted octanol–water partition coefficient (Wildman–Crippen LogP) is 3.35. The Balaban J connectivity index is 1.67. The molecule has 0 bridgehead atoms. The van der Waals surface area contributed by atoms with Gasteiger partial charge in [0.1, 0.15) is 17.1 Å². The van der Waals surface area contributed by atoms with Crippen LogP contribution >= 0.6 is 11.3 Å². The second kappa shape index (κ2) is 8.57. The Morgan fingerprint density at radius 1 is 1.13 bits per heavy atom. The summed E-state index contributed by atoms with van der Waals surface area (Å²) in [6, 6.07) is 14.6. The molecule has 3 aromatic heterocycles. The third-order valence-electron chi connectivity index (χ3n) is 4.66. The first-order chi connectivity index (χ1) is 15.0. The largest absolute Gasteiger partial charge is 0.462 e. The fraction of sp³-hybridized carbons (Fsp3) is 0.182. The standard InChI is InChI=1S/C22H20N4O4S/c1-3-30-21(28)19-18(15-9-5-4-6-10-15)14(2)31-20(19)23-17(27)13-26-22(29)25-12-8-7-11-16(25)24-26/h4-12H,3,13H2,1-2H3,(H,23,27). The van der Waals surface area contributed by atoms with Gasteiger partial charge < -0.3 is 10.1 Å². The van der Waals surface area contributed by atoms with Gasteiger partial charge in [-0.25, -0.2) is 14.3 Å². The lowest BCUT2D eigenvalue weighted by Gasteiger charge is -2.09. The maximum atomic E-state index is 12.7. The van der Waals surface area contributed by atoms with E-state index in [2.05, 4.69) is 10.4 Å². The molecule has 158 valence electrons. The summed E-state index contributed by atoms with van der Waals surface area (Å²) in [5.74, 6) is -0.970. The molecule has 0 saturated carbocycles. The fourth-order valence-corrected chi connectivity index (χ4v) is 4.44. The Labute approximate surface area is 181 Å². The quantitative estimate of drug-likeness (QED) is 0.468. The van der Waals surface area contributed by atoms with Crippen LogP contribution < -0.4 is 11.0 Å². The van der Waals surface area contributed by atoms with Crippen LogP contribution in [0.5, 0.6) is 0 Å². The van der Waals surface area contributed by atoms with Gasteiger partial charge in [0.15, 0.2) is 5.65 Å². The van der Waals surface area contributed by atoms with Gasteiger partial charge in [-0.1, -0.05) is 36.4 Å². The van der Waals surface area contributed by atoms with Crippen LogP contribution in [0.4, 0.5) is 5.00 Å². The van der Waals surface area contributed by atoms with E-state index < -0.39 is 17.6 Å². The number of aromatic nitrogens is 3. The number of amides is 1. The average molecular weight is 436 g/mol. The molecule has 31 heavy (non-hydrogen) atoms. The van der Waals surface area contributed by atoms with Crippen molar-refractivity contribution in [1.29, 1.82) is 0 Å². The molecule has 3 heterocycles. The van der Waals surface area contributed by atoms with E-state index in [-0.39, 0.29) is 13.2 Å². The molecule has 0 unspecified atom stereocenters. The topological polar surface area (TPSA) is 94.7 Å². The summed E-state index contributed by atoms with van der Waals surface area (Å²) in [6.45, 7) is 3.55. The molecule has 8 nitrogen and oxygen atoms in total. The molecule has 0 aliphatic rings. The smallest absolute Gasteiger partial charge is 0.350 e. The highest BCUT2D eigenvalue weighted by Crippen LogP contribution is 2.40. The number of aryl methyl sites for hydroxylation is 1. The van der Waals surface area contributed by atoms with Gasteiger partial charge in [0.05, 0.1) is 6.61 Å². The zero-order valence-corrected chi connectivity index (χ0v) is 17.8. The van der Waals surface area contributed by atoms with Gasteiger partial charge in [-0.05, 0) is 31.5 Å². The number of nitrogens with one attached hydrogen (secondary N) is 1. The van der Waals surface area contributed by atoms with Crippen molar-refractivity contribution in [2.24, 2.45) is 0 Å². The molecule has 0 radical (unpaired) electrons. The summed E-state index contributed by atoms with van der Waals surface area (Å²) in [6.07, 6.45) is 1.59. The normalized spacial score (nSPS) is 10.9. The van der Waals surface area contributed by atoms with Crippen LogP contribution in [0.15, 0.2) is 59.5 Å². The molecule has 1 aromatic carbocycles. The molecule has 0 aliphatic carbocycles. The van der Waals surface area contributed by atoms with Gasteiger partial charge in [-0.15, -0.1) is 16.4 Å². The Morgan fingerprint density at radius 2 is 1.87 bits per heavy atom. The summed E-state index contributed by atoms with van der Waals surface area (Å²) in [7, 11) is 0. The van der Waals surface area contributed by atoms with Gasteiger partial charge in [0.2, 0.25) is 5.91 Å². The number of hydrogen-bond donors (Lipinski definition) is 1. The third kappa shape index (κ3) is 3.99. The first kappa shape index (κ1) is 20.5. The zero-order chi connectivity index (χ0) is 22.0. The highest BCUT2D eigenvalue weighted by Gasteiger charge is 2.25. The number of anilines is 1. The Morgan fingerprint density at radius 3 is 2.58 bits per heavy atom. The lowest BCUT2D eigenvalue weighted by atomic mass is 10.0. The molecular weight excluding hydrogens is 416 g/mol. The predicted molar refractivity (Wildman–Crippen MR) is 119 cm³/mol. The van der Waals surface area contributed by atoms with Crippen molar-refractivity contribution in [2.45, 2.75) is 20.4 Å². The average Bonchev–Trinajstić information content (AvgIpc) is 3.25. The minimum Gasteiger partial charge on any atom is -0.462 e. The Kier molecular flexibility index (Phi) is 5.68. The number of pyridine rings is 1. The molecule has 4 rings (SSSR count). The summed E-state index contributed by atoms with van der Waals surface area (Å²) in [5, 5.41) is 7.33. The summed E-state index contributed by atoms with van der Waals surface area (Å²) in [4.78, 5) is 38.8. The van der Waals surface area contributed by atoms with E-state index in [0.29, 0.717) is 16.2 Å². The van der Waals surface area contributed by atoms with Crippen molar-refractivity contribution < 1.29 is 14.3 Å². The van der Waals surface area contributed by atoms with E-state index in [0.717, 1.165) is 20.7 Å². The maximum absolute atomic E-state index is 12.7. The van der Waals surface area contributed by atoms with Crippen molar-refractivity contribution in [3.05, 3.63) is 75.7 Å². The minimum absolute atomic E-state index is 0.214. The van der Waals surface area contributed by atoms with E-state index in [4.69, 9.17) is 4.74 Å². The van der Waals surface area contributed by atoms with Crippen molar-refractivity contribution >= 4 is 33.9 Å². The number of nitrogens with zero attached hydrogens (tertiary/aromatic N) is 3. The highest BCUT2D eigenvalue weighted by atomic mass is 32.1. The Hall–Kier alpha value is -3.72. The van der Waals surface area contributed by atoms with Crippen LogP contribution in [0.2, 0.25) is 0 Å².